The molecule has 1 heterocycles. The van der Waals surface area contributed by atoms with Gasteiger partial charge in [0.2, 0.25) is 10.0 Å². The monoisotopic (exact) mass is 254 g/mol. The van der Waals surface area contributed by atoms with E-state index >= 15 is 0 Å². The summed E-state index contributed by atoms with van der Waals surface area (Å²) in [7, 11) is -3.18. The van der Waals surface area contributed by atoms with E-state index in [1.54, 1.807) is 11.8 Å². The van der Waals surface area contributed by atoms with E-state index < -0.39 is 16.2 Å². The molecule has 0 bridgehead atoms. The first kappa shape index (κ1) is 13.8. The Morgan fingerprint density at radius 2 is 2.25 bits per heavy atom. The van der Waals surface area contributed by atoms with Gasteiger partial charge in [-0.2, -0.15) is 0 Å². The molecule has 0 spiro atoms. The molecule has 5 nitrogen and oxygen atoms in total. The average Bonchev–Trinajstić information content (AvgIpc) is 2.59. The maximum absolute atomic E-state index is 13.0. The van der Waals surface area contributed by atoms with Gasteiger partial charge in [0, 0.05) is 25.7 Å². The minimum absolute atomic E-state index is 0.0438. The summed E-state index contributed by atoms with van der Waals surface area (Å²) < 4.78 is 37.7. The highest BCUT2D eigenvalue weighted by Gasteiger charge is 2.31. The van der Waals surface area contributed by atoms with Gasteiger partial charge in [0.15, 0.2) is 0 Å². The molecule has 0 aliphatic carbocycles. The zero-order valence-electron chi connectivity index (χ0n) is 9.39. The summed E-state index contributed by atoms with van der Waals surface area (Å²) in [5, 5.41) is 9.01. The van der Waals surface area contributed by atoms with E-state index in [4.69, 9.17) is 5.11 Å². The first-order chi connectivity index (χ1) is 7.48. The Morgan fingerprint density at radius 3 is 2.81 bits per heavy atom. The number of hydrogen-bond acceptors (Lipinski definition) is 4. The standard InChI is InChI=1S/C9H19FN2O3S/c1-2-16(14,15)11-3-4-12-6-8(10)5-9(12)7-13/h8-9,11,13H,2-7H2,1H3/t8-,9-/m0/s1. The van der Waals surface area contributed by atoms with Crippen LogP contribution in [0.25, 0.3) is 0 Å². The lowest BCUT2D eigenvalue weighted by molar-refractivity contribution is 0.160. The number of nitrogens with zero attached hydrogens (tertiary/aromatic N) is 1. The van der Waals surface area contributed by atoms with Gasteiger partial charge in [-0.25, -0.2) is 17.5 Å². The predicted octanol–water partition coefficient (Wildman–Crippen LogP) is -0.670. The number of aliphatic hydroxyl groups excluding tert-OH is 1. The van der Waals surface area contributed by atoms with Gasteiger partial charge < -0.3 is 5.11 Å². The largest absolute Gasteiger partial charge is 0.395 e. The lowest BCUT2D eigenvalue weighted by Gasteiger charge is -2.21. The number of nitrogens with one attached hydrogen (secondary N) is 1. The Labute approximate surface area is 95.7 Å². The molecule has 1 aliphatic rings. The molecule has 0 aromatic carbocycles. The van der Waals surface area contributed by atoms with E-state index in [1.807, 2.05) is 0 Å². The van der Waals surface area contributed by atoms with Crippen molar-refractivity contribution in [3.8, 4) is 0 Å². The second-order valence-corrected chi connectivity index (χ2v) is 6.06. The molecule has 0 radical (unpaired) electrons. The van der Waals surface area contributed by atoms with Gasteiger partial charge >= 0.3 is 0 Å². The van der Waals surface area contributed by atoms with Gasteiger partial charge in [0.1, 0.15) is 6.17 Å². The number of sulfonamides is 1. The van der Waals surface area contributed by atoms with Crippen molar-refractivity contribution < 1.29 is 17.9 Å². The van der Waals surface area contributed by atoms with Crippen LogP contribution in [-0.2, 0) is 10.0 Å². The maximum Gasteiger partial charge on any atom is 0.211 e. The SMILES string of the molecule is CCS(=O)(=O)NCCN1C[C@@H](F)C[C@H]1CO. The Kier molecular flexibility index (Phi) is 5.10. The van der Waals surface area contributed by atoms with E-state index in [9.17, 15) is 12.8 Å². The highest BCUT2D eigenvalue weighted by atomic mass is 32.2. The molecule has 0 saturated carbocycles. The van der Waals surface area contributed by atoms with Crippen LogP contribution in [0.1, 0.15) is 13.3 Å². The molecule has 0 unspecified atom stereocenters. The van der Waals surface area contributed by atoms with Gasteiger partial charge in [-0.05, 0) is 13.3 Å². The third-order valence-electron chi connectivity index (χ3n) is 2.79. The molecule has 7 heteroatoms. The van der Waals surface area contributed by atoms with Crippen molar-refractivity contribution in [3.05, 3.63) is 0 Å². The fraction of sp³-hybridized carbons (Fsp3) is 1.00. The topological polar surface area (TPSA) is 69.6 Å². The number of aliphatic hydroxyl groups is 1. The van der Waals surface area contributed by atoms with Crippen LogP contribution in [0.4, 0.5) is 4.39 Å². The van der Waals surface area contributed by atoms with Crippen LogP contribution < -0.4 is 4.72 Å². The van der Waals surface area contributed by atoms with Crippen molar-refractivity contribution in [1.29, 1.82) is 0 Å². The molecule has 1 rings (SSSR count). The smallest absolute Gasteiger partial charge is 0.211 e. The number of rotatable bonds is 6. The van der Waals surface area contributed by atoms with Crippen LogP contribution in [0.3, 0.4) is 0 Å². The van der Waals surface area contributed by atoms with Crippen molar-refractivity contribution in [2.75, 3.05) is 32.0 Å². The number of alkyl halides is 1. The van der Waals surface area contributed by atoms with Gasteiger partial charge in [-0.1, -0.05) is 0 Å². The molecule has 0 aromatic heterocycles. The Balaban J connectivity index is 2.32. The summed E-state index contributed by atoms with van der Waals surface area (Å²) >= 11 is 0. The quantitative estimate of drug-likeness (QED) is 0.659. The molecular weight excluding hydrogens is 235 g/mol. The van der Waals surface area contributed by atoms with Crippen LogP contribution in [0.2, 0.25) is 0 Å². The van der Waals surface area contributed by atoms with Gasteiger partial charge in [0.05, 0.1) is 12.4 Å². The normalized spacial score (nSPS) is 27.4. The van der Waals surface area contributed by atoms with Crippen LogP contribution in [-0.4, -0.2) is 62.6 Å². The number of halogens is 1. The minimum atomic E-state index is -3.18. The zero-order chi connectivity index (χ0) is 12.2. The summed E-state index contributed by atoms with van der Waals surface area (Å²) in [6.07, 6.45) is -0.586. The van der Waals surface area contributed by atoms with Crippen LogP contribution in [0, 0.1) is 0 Å². The summed E-state index contributed by atoms with van der Waals surface area (Å²) in [6, 6.07) is -0.180. The summed E-state index contributed by atoms with van der Waals surface area (Å²) in [4.78, 5) is 1.78. The highest BCUT2D eigenvalue weighted by Crippen LogP contribution is 2.19. The Morgan fingerprint density at radius 1 is 1.56 bits per heavy atom. The molecule has 96 valence electrons. The molecule has 0 amide bonds. The summed E-state index contributed by atoms with van der Waals surface area (Å²) in [5.41, 5.74) is 0. The molecule has 0 aromatic rings. The van der Waals surface area contributed by atoms with E-state index in [-0.39, 0.29) is 31.5 Å². The van der Waals surface area contributed by atoms with Crippen LogP contribution in [0.5, 0.6) is 0 Å². The number of likely N-dealkylation sites (tertiary alicyclic amines) is 1. The van der Waals surface area contributed by atoms with Gasteiger partial charge in [0.25, 0.3) is 0 Å². The second kappa shape index (κ2) is 5.90. The minimum Gasteiger partial charge on any atom is -0.395 e. The second-order valence-electron chi connectivity index (χ2n) is 3.96. The van der Waals surface area contributed by atoms with Crippen molar-refractivity contribution in [1.82, 2.24) is 9.62 Å². The van der Waals surface area contributed by atoms with Crippen molar-refractivity contribution >= 4 is 10.0 Å². The third kappa shape index (κ3) is 3.97. The molecule has 2 N–H and O–H groups in total. The molecule has 1 aliphatic heterocycles. The number of hydrogen-bond donors (Lipinski definition) is 2. The van der Waals surface area contributed by atoms with Crippen LogP contribution >= 0.6 is 0 Å². The summed E-state index contributed by atoms with van der Waals surface area (Å²) in [5.74, 6) is 0.0438. The maximum atomic E-state index is 13.0. The Bertz CT molecular complexity index is 310. The van der Waals surface area contributed by atoms with E-state index in [1.165, 1.54) is 0 Å². The van der Waals surface area contributed by atoms with E-state index in [0.717, 1.165) is 0 Å². The molecular formula is C9H19FN2O3S. The van der Waals surface area contributed by atoms with Gasteiger partial charge in [-0.3, -0.25) is 4.90 Å². The van der Waals surface area contributed by atoms with Crippen molar-refractivity contribution in [3.63, 3.8) is 0 Å². The van der Waals surface area contributed by atoms with E-state index in [2.05, 4.69) is 4.72 Å². The molecule has 2 atom stereocenters. The Hall–Kier alpha value is -0.240. The fourth-order valence-corrected chi connectivity index (χ4v) is 2.44. The lowest BCUT2D eigenvalue weighted by Crippen LogP contribution is -2.39. The van der Waals surface area contributed by atoms with Crippen LogP contribution in [0.15, 0.2) is 0 Å². The zero-order valence-corrected chi connectivity index (χ0v) is 10.2. The fourth-order valence-electron chi connectivity index (χ4n) is 1.83. The average molecular weight is 254 g/mol. The van der Waals surface area contributed by atoms with Crippen molar-refractivity contribution in [2.45, 2.75) is 25.6 Å². The molecule has 1 saturated heterocycles. The highest BCUT2D eigenvalue weighted by molar-refractivity contribution is 7.89. The van der Waals surface area contributed by atoms with Gasteiger partial charge in [-0.15, -0.1) is 0 Å². The molecule has 1 fully saturated rings. The van der Waals surface area contributed by atoms with Crippen molar-refractivity contribution in [2.24, 2.45) is 0 Å². The van der Waals surface area contributed by atoms with E-state index in [0.29, 0.717) is 13.0 Å². The lowest BCUT2D eigenvalue weighted by atomic mass is 10.2. The predicted molar refractivity (Wildman–Crippen MR) is 59.4 cm³/mol. The summed E-state index contributed by atoms with van der Waals surface area (Å²) in [6.45, 7) is 2.45. The first-order valence-corrected chi connectivity index (χ1v) is 7.10. The third-order valence-corrected chi connectivity index (χ3v) is 4.19. The first-order valence-electron chi connectivity index (χ1n) is 5.44. The molecule has 16 heavy (non-hydrogen) atoms.